The van der Waals surface area contributed by atoms with Crippen LogP contribution in [0.25, 0.3) is 0 Å². The number of rotatable bonds is 2. The Labute approximate surface area is 106 Å². The predicted molar refractivity (Wildman–Crippen MR) is 61.2 cm³/mol. The lowest BCUT2D eigenvalue weighted by Crippen LogP contribution is -2.35. The third-order valence-electron chi connectivity index (χ3n) is 2.31. The van der Waals surface area contributed by atoms with Crippen LogP contribution in [0.2, 0.25) is 0 Å². The van der Waals surface area contributed by atoms with Crippen LogP contribution in [0.4, 0.5) is 8.78 Å². The molecule has 90 valence electrons. The lowest BCUT2D eigenvalue weighted by molar-refractivity contribution is 0.0763. The summed E-state index contributed by atoms with van der Waals surface area (Å²) in [7, 11) is 1.32. The first-order valence-corrected chi connectivity index (χ1v) is 5.49. The summed E-state index contributed by atoms with van der Waals surface area (Å²) in [6, 6.07) is 3.06. The average Bonchev–Trinajstić information content (AvgIpc) is 2.25. The monoisotopic (exact) mass is 302 g/mol. The quantitative estimate of drug-likeness (QED) is 0.843. The molecule has 0 aliphatic carbocycles. The van der Waals surface area contributed by atoms with E-state index in [2.05, 4.69) is 15.9 Å². The van der Waals surface area contributed by atoms with Crippen LogP contribution < -0.4 is 0 Å². The van der Waals surface area contributed by atoms with Crippen molar-refractivity contribution in [1.82, 2.24) is 4.90 Å². The maximum Gasteiger partial charge on any atom is 0.260 e. The second-order valence-electron chi connectivity index (χ2n) is 3.47. The van der Waals surface area contributed by atoms with Crippen LogP contribution in [0.1, 0.15) is 17.3 Å². The van der Waals surface area contributed by atoms with Crippen molar-refractivity contribution in [1.29, 1.82) is 5.26 Å². The first-order valence-electron chi connectivity index (χ1n) is 4.69. The van der Waals surface area contributed by atoms with Crippen LogP contribution in [-0.2, 0) is 0 Å². The number of halogens is 3. The molecule has 17 heavy (non-hydrogen) atoms. The molecular weight excluding hydrogens is 294 g/mol. The third kappa shape index (κ3) is 2.80. The minimum atomic E-state index is -0.959. The molecule has 1 unspecified atom stereocenters. The van der Waals surface area contributed by atoms with Gasteiger partial charge in [-0.3, -0.25) is 4.79 Å². The van der Waals surface area contributed by atoms with Crippen LogP contribution in [0.5, 0.6) is 0 Å². The van der Waals surface area contributed by atoms with E-state index >= 15 is 0 Å². The Morgan fingerprint density at radius 1 is 1.47 bits per heavy atom. The Kier molecular flexibility index (Phi) is 4.18. The molecule has 3 nitrogen and oxygen atoms in total. The third-order valence-corrected chi connectivity index (χ3v) is 2.77. The Balaban J connectivity index is 3.18. The number of amides is 1. The molecule has 0 spiro atoms. The topological polar surface area (TPSA) is 44.1 Å². The maximum atomic E-state index is 13.5. The van der Waals surface area contributed by atoms with E-state index in [4.69, 9.17) is 5.26 Å². The van der Waals surface area contributed by atoms with Gasteiger partial charge in [0.25, 0.3) is 5.91 Å². The van der Waals surface area contributed by atoms with Gasteiger partial charge in [-0.2, -0.15) is 5.26 Å². The number of hydrogen-bond acceptors (Lipinski definition) is 2. The molecule has 1 aromatic rings. The molecule has 0 radical (unpaired) electrons. The minimum absolute atomic E-state index is 0.208. The molecule has 1 atom stereocenters. The van der Waals surface area contributed by atoms with Gasteiger partial charge in [-0.15, -0.1) is 0 Å². The average molecular weight is 303 g/mol. The highest BCUT2D eigenvalue weighted by Gasteiger charge is 2.24. The second kappa shape index (κ2) is 5.23. The molecule has 1 amide bonds. The number of carbonyl (C=O) groups is 1. The summed E-state index contributed by atoms with van der Waals surface area (Å²) in [5.41, 5.74) is -0.655. The van der Waals surface area contributed by atoms with Gasteiger partial charge >= 0.3 is 0 Å². The van der Waals surface area contributed by atoms with Crippen molar-refractivity contribution < 1.29 is 13.6 Å². The first-order chi connectivity index (χ1) is 7.88. The van der Waals surface area contributed by atoms with Crippen molar-refractivity contribution in [2.75, 3.05) is 7.05 Å². The molecule has 0 saturated carbocycles. The van der Waals surface area contributed by atoms with E-state index in [9.17, 15) is 13.6 Å². The molecule has 1 aromatic carbocycles. The van der Waals surface area contributed by atoms with Crippen LogP contribution in [-0.4, -0.2) is 23.9 Å². The number of benzene rings is 1. The van der Waals surface area contributed by atoms with Crippen molar-refractivity contribution >= 4 is 21.8 Å². The van der Waals surface area contributed by atoms with Crippen LogP contribution in [0, 0.1) is 23.0 Å². The van der Waals surface area contributed by atoms with Crippen LogP contribution in [0.3, 0.4) is 0 Å². The Morgan fingerprint density at radius 3 is 2.35 bits per heavy atom. The molecule has 0 saturated heterocycles. The highest BCUT2D eigenvalue weighted by molar-refractivity contribution is 9.10. The van der Waals surface area contributed by atoms with E-state index in [1.807, 2.05) is 6.07 Å². The predicted octanol–water partition coefficient (Wildman–Crippen LogP) is 2.71. The molecule has 0 bridgehead atoms. The molecule has 0 heterocycles. The normalized spacial score (nSPS) is 11.8. The number of hydrogen-bond donors (Lipinski definition) is 0. The fraction of sp³-hybridized carbons (Fsp3) is 0.273. The van der Waals surface area contributed by atoms with Gasteiger partial charge < -0.3 is 4.90 Å². The van der Waals surface area contributed by atoms with Crippen LogP contribution in [0.15, 0.2) is 16.6 Å². The summed E-state index contributed by atoms with van der Waals surface area (Å²) in [5, 5.41) is 8.64. The van der Waals surface area contributed by atoms with Gasteiger partial charge in [-0.25, -0.2) is 8.78 Å². The summed E-state index contributed by atoms with van der Waals surface area (Å²) in [4.78, 5) is 12.8. The summed E-state index contributed by atoms with van der Waals surface area (Å²) in [5.74, 6) is -2.78. The van der Waals surface area contributed by atoms with Gasteiger partial charge in [0.2, 0.25) is 0 Å². The largest absolute Gasteiger partial charge is 0.326 e. The summed E-state index contributed by atoms with van der Waals surface area (Å²) >= 11 is 2.92. The summed E-state index contributed by atoms with van der Waals surface area (Å²) in [6.45, 7) is 1.46. The zero-order valence-electron chi connectivity index (χ0n) is 9.17. The molecule has 0 aliphatic rings. The first kappa shape index (κ1) is 13.6. The zero-order chi connectivity index (χ0) is 13.2. The fourth-order valence-electron chi connectivity index (χ4n) is 1.19. The molecular formula is C11H9BrF2N2O. The van der Waals surface area contributed by atoms with Crippen molar-refractivity contribution in [3.8, 4) is 6.07 Å². The van der Waals surface area contributed by atoms with Gasteiger partial charge in [-0.05, 0) is 19.1 Å². The molecule has 0 fully saturated rings. The van der Waals surface area contributed by atoms with Crippen molar-refractivity contribution in [2.24, 2.45) is 0 Å². The van der Waals surface area contributed by atoms with Gasteiger partial charge in [0.15, 0.2) is 0 Å². The standard InChI is InChI=1S/C11H9BrF2N2O/c1-6(5-15)16(2)11(17)10-8(13)3-7(12)4-9(10)14/h3-4,6H,1-2H3. The Hall–Kier alpha value is -1.48. The SMILES string of the molecule is CC(C#N)N(C)C(=O)c1c(F)cc(Br)cc1F. The zero-order valence-corrected chi connectivity index (χ0v) is 10.8. The van der Waals surface area contributed by atoms with Crippen molar-refractivity contribution in [3.63, 3.8) is 0 Å². The van der Waals surface area contributed by atoms with Gasteiger partial charge in [0.05, 0.1) is 6.07 Å². The fourth-order valence-corrected chi connectivity index (χ4v) is 1.59. The maximum absolute atomic E-state index is 13.5. The number of nitrogens with zero attached hydrogens (tertiary/aromatic N) is 2. The van der Waals surface area contributed by atoms with Gasteiger partial charge in [0.1, 0.15) is 23.2 Å². The summed E-state index contributed by atoms with van der Waals surface area (Å²) < 4.78 is 27.2. The highest BCUT2D eigenvalue weighted by Crippen LogP contribution is 2.21. The molecule has 0 aliphatic heterocycles. The molecule has 6 heteroatoms. The van der Waals surface area contributed by atoms with Gasteiger partial charge in [-0.1, -0.05) is 15.9 Å². The van der Waals surface area contributed by atoms with Crippen molar-refractivity contribution in [2.45, 2.75) is 13.0 Å². The van der Waals surface area contributed by atoms with Crippen LogP contribution >= 0.6 is 15.9 Å². The number of carbonyl (C=O) groups excluding carboxylic acids is 1. The molecule has 0 N–H and O–H groups in total. The van der Waals surface area contributed by atoms with E-state index in [1.54, 1.807) is 0 Å². The lowest BCUT2D eigenvalue weighted by atomic mass is 10.1. The number of nitriles is 1. The smallest absolute Gasteiger partial charge is 0.260 e. The second-order valence-corrected chi connectivity index (χ2v) is 4.38. The Morgan fingerprint density at radius 2 is 1.94 bits per heavy atom. The molecule has 1 rings (SSSR count). The molecule has 0 aromatic heterocycles. The Bertz CT molecular complexity index is 476. The van der Waals surface area contributed by atoms with E-state index < -0.39 is 29.1 Å². The van der Waals surface area contributed by atoms with E-state index in [-0.39, 0.29) is 4.47 Å². The van der Waals surface area contributed by atoms with Crippen molar-refractivity contribution in [3.05, 3.63) is 33.8 Å². The van der Waals surface area contributed by atoms with E-state index in [0.717, 1.165) is 17.0 Å². The van der Waals surface area contributed by atoms with E-state index in [0.29, 0.717) is 0 Å². The van der Waals surface area contributed by atoms with Gasteiger partial charge in [0, 0.05) is 11.5 Å². The summed E-state index contributed by atoms with van der Waals surface area (Å²) in [6.07, 6.45) is 0. The van der Waals surface area contributed by atoms with E-state index in [1.165, 1.54) is 14.0 Å². The minimum Gasteiger partial charge on any atom is -0.326 e. The highest BCUT2D eigenvalue weighted by atomic mass is 79.9. The lowest BCUT2D eigenvalue weighted by Gasteiger charge is -2.19.